The van der Waals surface area contributed by atoms with E-state index in [1.165, 1.54) is 6.42 Å². The van der Waals surface area contributed by atoms with Crippen molar-refractivity contribution in [2.45, 2.75) is 47.5 Å². The molecule has 5 heteroatoms. The molecule has 0 aliphatic rings. The molecule has 0 aliphatic heterocycles. The molecule has 22 heavy (non-hydrogen) atoms. The summed E-state index contributed by atoms with van der Waals surface area (Å²) in [4.78, 5) is 9.92. The summed E-state index contributed by atoms with van der Waals surface area (Å²) in [5.74, 6) is 1.58. The molecule has 0 radical (unpaired) electrons. The largest absolute Gasteiger partial charge is 0.379 e. The summed E-state index contributed by atoms with van der Waals surface area (Å²) in [7, 11) is 0. The van der Waals surface area contributed by atoms with Gasteiger partial charge in [-0.15, -0.1) is 0 Å². The summed E-state index contributed by atoms with van der Waals surface area (Å²) in [5.41, 5.74) is 0. The third kappa shape index (κ3) is 31.6. The highest BCUT2D eigenvalue weighted by Crippen LogP contribution is 2.02. The van der Waals surface area contributed by atoms with Gasteiger partial charge in [-0.2, -0.15) is 0 Å². The smallest absolute Gasteiger partial charge is 0.207 e. The van der Waals surface area contributed by atoms with Crippen LogP contribution in [-0.2, 0) is 19.0 Å². The lowest BCUT2D eigenvalue weighted by Gasteiger charge is -2.07. The van der Waals surface area contributed by atoms with Gasteiger partial charge in [-0.05, 0) is 24.7 Å². The number of carbonyl (C=O) groups is 1. The van der Waals surface area contributed by atoms with Crippen molar-refractivity contribution in [1.82, 2.24) is 5.32 Å². The number of hydrogen-bond acceptors (Lipinski definition) is 4. The first-order valence-corrected chi connectivity index (χ1v) is 8.40. The van der Waals surface area contributed by atoms with Crippen LogP contribution in [0.1, 0.15) is 47.5 Å². The number of ether oxygens (including phenoxy) is 3. The van der Waals surface area contributed by atoms with Crippen molar-refractivity contribution >= 4 is 6.41 Å². The molecule has 0 heterocycles. The van der Waals surface area contributed by atoms with E-state index in [9.17, 15) is 4.79 Å². The van der Waals surface area contributed by atoms with Gasteiger partial charge in [0.2, 0.25) is 6.41 Å². The Balaban J connectivity index is 0. The van der Waals surface area contributed by atoms with E-state index in [0.717, 1.165) is 24.9 Å². The van der Waals surface area contributed by atoms with Gasteiger partial charge < -0.3 is 19.5 Å². The molecule has 0 unspecified atom stereocenters. The van der Waals surface area contributed by atoms with Gasteiger partial charge in [0.05, 0.1) is 33.0 Å². The van der Waals surface area contributed by atoms with Crippen molar-refractivity contribution in [3.05, 3.63) is 0 Å². The van der Waals surface area contributed by atoms with Gasteiger partial charge in [0.15, 0.2) is 0 Å². The van der Waals surface area contributed by atoms with E-state index >= 15 is 0 Å². The maximum absolute atomic E-state index is 9.92. The molecule has 0 aromatic carbocycles. The molecule has 0 aliphatic carbocycles. The van der Waals surface area contributed by atoms with E-state index in [-0.39, 0.29) is 0 Å². The van der Waals surface area contributed by atoms with Gasteiger partial charge in [0, 0.05) is 13.2 Å². The van der Waals surface area contributed by atoms with Crippen molar-refractivity contribution in [2.75, 3.05) is 46.2 Å². The minimum absolute atomic E-state index is 0.522. The molecular formula is C17H37NO4. The van der Waals surface area contributed by atoms with Crippen LogP contribution in [0.15, 0.2) is 0 Å². The molecule has 1 N–H and O–H groups in total. The summed E-state index contributed by atoms with van der Waals surface area (Å²) in [6.45, 7) is 15.2. The Kier molecular flexibility index (Phi) is 21.8. The van der Waals surface area contributed by atoms with Crippen molar-refractivity contribution in [2.24, 2.45) is 11.8 Å². The van der Waals surface area contributed by atoms with E-state index in [1.807, 2.05) is 0 Å². The van der Waals surface area contributed by atoms with Crippen molar-refractivity contribution in [1.29, 1.82) is 0 Å². The number of hydrogen-bond donors (Lipinski definition) is 1. The molecule has 134 valence electrons. The van der Waals surface area contributed by atoms with E-state index in [0.29, 0.717) is 46.0 Å². The minimum Gasteiger partial charge on any atom is -0.379 e. The second-order valence-corrected chi connectivity index (χ2v) is 6.18. The van der Waals surface area contributed by atoms with E-state index in [2.05, 4.69) is 39.9 Å². The predicted molar refractivity (Wildman–Crippen MR) is 91.1 cm³/mol. The Labute approximate surface area is 137 Å². The molecule has 0 bridgehead atoms. The summed E-state index contributed by atoms with van der Waals surface area (Å²) < 4.78 is 16.0. The monoisotopic (exact) mass is 319 g/mol. The Hall–Kier alpha value is -0.650. The van der Waals surface area contributed by atoms with Crippen molar-refractivity contribution < 1.29 is 19.0 Å². The molecule has 0 aromatic rings. The van der Waals surface area contributed by atoms with Crippen LogP contribution < -0.4 is 5.32 Å². The van der Waals surface area contributed by atoms with Gasteiger partial charge >= 0.3 is 0 Å². The maximum atomic E-state index is 9.92. The third-order valence-corrected chi connectivity index (χ3v) is 2.29. The first-order chi connectivity index (χ1) is 10.5. The van der Waals surface area contributed by atoms with Crippen LogP contribution in [0.25, 0.3) is 0 Å². The van der Waals surface area contributed by atoms with Gasteiger partial charge in [-0.1, -0.05) is 34.6 Å². The number of carbonyl (C=O) groups excluding carboxylic acids is 1. The van der Waals surface area contributed by atoms with Gasteiger partial charge in [-0.25, -0.2) is 0 Å². The lowest BCUT2D eigenvalue weighted by molar-refractivity contribution is -0.109. The van der Waals surface area contributed by atoms with Crippen LogP contribution in [0.3, 0.4) is 0 Å². The second kappa shape index (κ2) is 20.3. The van der Waals surface area contributed by atoms with E-state index in [4.69, 9.17) is 14.2 Å². The molecule has 0 rings (SSSR count). The van der Waals surface area contributed by atoms with Crippen LogP contribution in [0.4, 0.5) is 0 Å². The van der Waals surface area contributed by atoms with Crippen molar-refractivity contribution in [3.63, 3.8) is 0 Å². The van der Waals surface area contributed by atoms with Crippen LogP contribution in [0.2, 0.25) is 0 Å². The molecular weight excluding hydrogens is 282 g/mol. The maximum Gasteiger partial charge on any atom is 0.207 e. The molecule has 0 aromatic heterocycles. The third-order valence-electron chi connectivity index (χ3n) is 2.29. The first kappa shape index (κ1) is 23.6. The summed E-state index contributed by atoms with van der Waals surface area (Å²) in [6.07, 6.45) is 2.99. The van der Waals surface area contributed by atoms with Crippen molar-refractivity contribution in [3.8, 4) is 0 Å². The van der Waals surface area contributed by atoms with Crippen LogP contribution in [0.5, 0.6) is 0 Å². The minimum atomic E-state index is 0.522. The topological polar surface area (TPSA) is 56.8 Å². The zero-order valence-corrected chi connectivity index (χ0v) is 15.2. The average molecular weight is 319 g/mol. The highest BCUT2D eigenvalue weighted by Gasteiger charge is 1.94. The summed E-state index contributed by atoms with van der Waals surface area (Å²) in [6, 6.07) is 0. The summed E-state index contributed by atoms with van der Waals surface area (Å²) in [5, 5.41) is 2.52. The van der Waals surface area contributed by atoms with Gasteiger partial charge in [0.1, 0.15) is 0 Å². The molecule has 0 spiro atoms. The fourth-order valence-electron chi connectivity index (χ4n) is 1.33. The normalized spacial score (nSPS) is 10.5. The van der Waals surface area contributed by atoms with Crippen LogP contribution >= 0.6 is 0 Å². The molecule has 0 atom stereocenters. The van der Waals surface area contributed by atoms with Gasteiger partial charge in [0.25, 0.3) is 0 Å². The quantitative estimate of drug-likeness (QED) is 0.395. The second-order valence-electron chi connectivity index (χ2n) is 6.18. The van der Waals surface area contributed by atoms with E-state index < -0.39 is 0 Å². The molecule has 5 nitrogen and oxygen atoms in total. The standard InChI is InChI=1S/C13H27NO4.C4H10/c1-13(2)4-3-6-16-8-10-18-11-9-17-7-5-14-12-15;1-4(2)3/h12-13H,3-11H2,1-2H3,(H,14,15);4H,1-3H3. The highest BCUT2D eigenvalue weighted by atomic mass is 16.5. The Morgan fingerprint density at radius 1 is 0.818 bits per heavy atom. The highest BCUT2D eigenvalue weighted by molar-refractivity contribution is 5.45. The van der Waals surface area contributed by atoms with E-state index in [1.54, 1.807) is 0 Å². The Morgan fingerprint density at radius 3 is 1.73 bits per heavy atom. The lowest BCUT2D eigenvalue weighted by Crippen LogP contribution is -2.19. The molecule has 0 fully saturated rings. The fraction of sp³-hybridized carbons (Fsp3) is 0.941. The van der Waals surface area contributed by atoms with Crippen LogP contribution in [-0.4, -0.2) is 52.6 Å². The molecule has 0 saturated heterocycles. The lowest BCUT2D eigenvalue weighted by atomic mass is 10.1. The number of nitrogens with one attached hydrogen (secondary N) is 1. The Bertz CT molecular complexity index is 208. The molecule has 0 saturated carbocycles. The fourth-order valence-corrected chi connectivity index (χ4v) is 1.33. The van der Waals surface area contributed by atoms with Gasteiger partial charge in [-0.3, -0.25) is 4.79 Å². The summed E-state index contributed by atoms with van der Waals surface area (Å²) >= 11 is 0. The SMILES string of the molecule is CC(C)C.CC(C)CCCOCCOCCOCCNC=O. The van der Waals surface area contributed by atoms with Crippen LogP contribution in [0, 0.1) is 11.8 Å². The number of rotatable bonds is 14. The zero-order chi connectivity index (χ0) is 17.1. The Morgan fingerprint density at radius 2 is 1.27 bits per heavy atom. The predicted octanol–water partition coefficient (Wildman–Crippen LogP) is 2.88. The first-order valence-electron chi connectivity index (χ1n) is 8.40. The number of amides is 1. The zero-order valence-electron chi connectivity index (χ0n) is 15.2. The average Bonchev–Trinajstić information content (AvgIpc) is 2.43. The molecule has 1 amide bonds.